The molecule has 1 atom stereocenters. The molecule has 0 aromatic heterocycles. The number of nitrogens with two attached hydrogens (primary N) is 1. The molecule has 9 nitrogen and oxygen atoms in total. The zero-order chi connectivity index (χ0) is 35.5. The SMILES string of the molecule is CCOc1cc(C[NH2+]CCC2(CC)CC(=O)N(c3ccc(C(=O)OC)cc3)C2)cc(OCC)c1-c1ccc(F)cc1.O=C([O-])C(F)(F)F. The zero-order valence-corrected chi connectivity index (χ0v) is 27.3. The minimum Gasteiger partial charge on any atom is -0.542 e. The third-order valence-corrected chi connectivity index (χ3v) is 8.02. The van der Waals surface area contributed by atoms with Crippen LogP contribution in [0.1, 0.15) is 56.0 Å². The van der Waals surface area contributed by atoms with E-state index in [1.165, 1.54) is 19.2 Å². The molecule has 0 aliphatic carbocycles. The van der Waals surface area contributed by atoms with Crippen LogP contribution in [-0.2, 0) is 20.9 Å². The number of esters is 1. The predicted octanol–water partition coefficient (Wildman–Crippen LogP) is 4.66. The number of halogens is 4. The third-order valence-electron chi connectivity index (χ3n) is 8.02. The van der Waals surface area contributed by atoms with Gasteiger partial charge in [-0.2, -0.15) is 13.2 Å². The Morgan fingerprint density at radius 3 is 2.00 bits per heavy atom. The van der Waals surface area contributed by atoms with Gasteiger partial charge in [-0.1, -0.05) is 19.1 Å². The molecule has 1 saturated heterocycles. The number of alkyl halides is 3. The normalized spacial score (nSPS) is 15.8. The number of carbonyl (C=O) groups excluding carboxylic acids is 3. The Bertz CT molecular complexity index is 1520. The van der Waals surface area contributed by atoms with Gasteiger partial charge in [0.05, 0.1) is 38.0 Å². The lowest BCUT2D eigenvalue weighted by molar-refractivity contribution is -0.672. The van der Waals surface area contributed by atoms with Crippen molar-refractivity contribution in [2.75, 3.05) is 38.3 Å². The van der Waals surface area contributed by atoms with Gasteiger partial charge in [-0.05, 0) is 74.4 Å². The first-order valence-electron chi connectivity index (χ1n) is 15.5. The van der Waals surface area contributed by atoms with Gasteiger partial charge in [-0.15, -0.1) is 0 Å². The number of nitrogens with zero attached hydrogens (tertiary/aromatic N) is 1. The molecule has 0 bridgehead atoms. The summed E-state index contributed by atoms with van der Waals surface area (Å²) in [5.74, 6) is -2.15. The van der Waals surface area contributed by atoms with E-state index in [0.29, 0.717) is 43.2 Å². The van der Waals surface area contributed by atoms with E-state index >= 15 is 0 Å². The summed E-state index contributed by atoms with van der Waals surface area (Å²) in [5.41, 5.74) is 3.90. The molecule has 13 heteroatoms. The number of hydrogen-bond donors (Lipinski definition) is 1. The van der Waals surface area contributed by atoms with Crippen molar-refractivity contribution in [2.45, 2.75) is 52.8 Å². The number of benzene rings is 3. The maximum atomic E-state index is 13.6. The number of hydrogen-bond acceptors (Lipinski definition) is 7. The van der Waals surface area contributed by atoms with E-state index in [-0.39, 0.29) is 17.1 Å². The summed E-state index contributed by atoms with van der Waals surface area (Å²) in [7, 11) is 1.35. The van der Waals surface area contributed by atoms with Crippen molar-refractivity contribution in [1.29, 1.82) is 0 Å². The molecule has 48 heavy (non-hydrogen) atoms. The Hall–Kier alpha value is -4.65. The maximum Gasteiger partial charge on any atom is 0.430 e. The fourth-order valence-electron chi connectivity index (χ4n) is 5.49. The second-order valence-electron chi connectivity index (χ2n) is 11.2. The number of ether oxygens (including phenoxy) is 3. The van der Waals surface area contributed by atoms with Gasteiger partial charge in [0.15, 0.2) is 0 Å². The fraction of sp³-hybridized carbons (Fsp3) is 0.400. The van der Waals surface area contributed by atoms with Crippen LogP contribution in [0, 0.1) is 11.2 Å². The fourth-order valence-corrected chi connectivity index (χ4v) is 5.49. The maximum absolute atomic E-state index is 13.6. The number of amides is 1. The molecule has 1 amide bonds. The molecule has 1 aliphatic heterocycles. The zero-order valence-electron chi connectivity index (χ0n) is 27.3. The van der Waals surface area contributed by atoms with Gasteiger partial charge in [-0.25, -0.2) is 9.18 Å². The second kappa shape index (κ2) is 17.0. The number of carbonyl (C=O) groups is 3. The number of quaternary nitrogens is 1. The molecule has 0 radical (unpaired) electrons. The van der Waals surface area contributed by atoms with Crippen LogP contribution >= 0.6 is 0 Å². The number of methoxy groups -OCH3 is 1. The summed E-state index contributed by atoms with van der Waals surface area (Å²) in [6, 6.07) is 17.5. The van der Waals surface area contributed by atoms with Gasteiger partial charge in [-0.3, -0.25) is 4.79 Å². The Balaban J connectivity index is 0.000000804. The van der Waals surface area contributed by atoms with Crippen molar-refractivity contribution >= 4 is 23.5 Å². The topological polar surface area (TPSA) is 122 Å². The first-order chi connectivity index (χ1) is 22.8. The van der Waals surface area contributed by atoms with E-state index in [0.717, 1.165) is 48.3 Å². The second-order valence-corrected chi connectivity index (χ2v) is 11.2. The van der Waals surface area contributed by atoms with Gasteiger partial charge in [0.1, 0.15) is 29.8 Å². The number of carboxylic acid groups (broad SMARTS) is 1. The number of aliphatic carboxylic acids is 1. The summed E-state index contributed by atoms with van der Waals surface area (Å²) in [6.45, 7) is 9.29. The van der Waals surface area contributed by atoms with Gasteiger partial charge in [0.2, 0.25) is 5.91 Å². The minimum absolute atomic E-state index is 0.103. The van der Waals surface area contributed by atoms with E-state index in [2.05, 4.69) is 12.2 Å². The Morgan fingerprint density at radius 2 is 1.52 bits per heavy atom. The van der Waals surface area contributed by atoms with E-state index in [1.54, 1.807) is 24.3 Å². The monoisotopic (exact) mass is 676 g/mol. The molecular formula is C35H40F4N2O7. The van der Waals surface area contributed by atoms with Crippen LogP contribution < -0.4 is 24.8 Å². The van der Waals surface area contributed by atoms with Gasteiger partial charge in [0, 0.05) is 36.1 Å². The van der Waals surface area contributed by atoms with Crippen LogP contribution in [0.4, 0.5) is 23.2 Å². The van der Waals surface area contributed by atoms with Crippen LogP contribution in [0.3, 0.4) is 0 Å². The average Bonchev–Trinajstić information content (AvgIpc) is 3.40. The van der Waals surface area contributed by atoms with Crippen molar-refractivity contribution in [3.8, 4) is 22.6 Å². The average molecular weight is 677 g/mol. The minimum atomic E-state index is -5.19. The molecule has 1 heterocycles. The number of rotatable bonds is 13. The molecule has 3 aromatic rings. The number of anilines is 1. The molecule has 4 rings (SSSR count). The molecule has 1 fully saturated rings. The van der Waals surface area contributed by atoms with E-state index in [4.69, 9.17) is 24.1 Å². The molecule has 2 N–H and O–H groups in total. The van der Waals surface area contributed by atoms with Crippen LogP contribution in [0.5, 0.6) is 11.5 Å². The molecule has 1 unspecified atom stereocenters. The van der Waals surface area contributed by atoms with Gasteiger partial charge >= 0.3 is 12.1 Å². The van der Waals surface area contributed by atoms with E-state index < -0.39 is 18.1 Å². The smallest absolute Gasteiger partial charge is 0.430 e. The highest BCUT2D eigenvalue weighted by atomic mass is 19.4. The Kier molecular flexibility index (Phi) is 13.4. The molecule has 0 spiro atoms. The number of carboxylic acids is 1. The summed E-state index contributed by atoms with van der Waals surface area (Å²) in [5, 5.41) is 11.0. The van der Waals surface area contributed by atoms with Crippen molar-refractivity contribution in [1.82, 2.24) is 0 Å². The third kappa shape index (κ3) is 9.93. The van der Waals surface area contributed by atoms with Crippen LogP contribution in [0.15, 0.2) is 60.7 Å². The predicted molar refractivity (Wildman–Crippen MR) is 168 cm³/mol. The quantitative estimate of drug-likeness (QED) is 0.159. The van der Waals surface area contributed by atoms with Crippen LogP contribution in [0.2, 0.25) is 0 Å². The first-order valence-corrected chi connectivity index (χ1v) is 15.5. The van der Waals surface area contributed by atoms with Crippen LogP contribution in [-0.4, -0.2) is 57.4 Å². The first kappa shape index (κ1) is 37.8. The lowest BCUT2D eigenvalue weighted by Gasteiger charge is -2.27. The summed E-state index contributed by atoms with van der Waals surface area (Å²) < 4.78 is 61.9. The molecular weight excluding hydrogens is 636 g/mol. The standard InChI is InChI=1S/C33H39FN2O5.C2HF3O2/c1-5-33(20-30(37)36(22-33)27-14-10-25(11-15-27)32(38)39-4)16-17-35-21-23-18-28(40-6-2)31(29(19-23)41-7-3)24-8-12-26(34)13-9-24;3-2(4,5)1(6)7/h8-15,18-19,35H,5-7,16-17,20-22H2,1-4H3;(H,6,7). The van der Waals surface area contributed by atoms with E-state index in [1.807, 2.05) is 43.0 Å². The Morgan fingerprint density at radius 1 is 0.958 bits per heavy atom. The largest absolute Gasteiger partial charge is 0.542 e. The highest BCUT2D eigenvalue weighted by Crippen LogP contribution is 2.41. The van der Waals surface area contributed by atoms with Crippen LogP contribution in [0.25, 0.3) is 11.1 Å². The molecule has 1 aliphatic rings. The lowest BCUT2D eigenvalue weighted by Crippen LogP contribution is -2.83. The van der Waals surface area contributed by atoms with E-state index in [9.17, 15) is 27.2 Å². The highest BCUT2D eigenvalue weighted by Gasteiger charge is 2.42. The van der Waals surface area contributed by atoms with Gasteiger partial charge in [0.25, 0.3) is 0 Å². The van der Waals surface area contributed by atoms with Crippen molar-refractivity contribution in [3.05, 3.63) is 77.6 Å². The van der Waals surface area contributed by atoms with Crippen molar-refractivity contribution in [3.63, 3.8) is 0 Å². The molecule has 260 valence electrons. The summed E-state index contributed by atoms with van der Waals surface area (Å²) >= 11 is 0. The van der Waals surface area contributed by atoms with Gasteiger partial charge < -0.3 is 34.3 Å². The summed E-state index contributed by atoms with van der Waals surface area (Å²) in [4.78, 5) is 35.4. The molecule has 3 aromatic carbocycles. The lowest BCUT2D eigenvalue weighted by atomic mass is 9.81. The summed E-state index contributed by atoms with van der Waals surface area (Å²) in [6.07, 6.45) is -2.89. The Labute approximate surface area is 276 Å². The van der Waals surface area contributed by atoms with Crippen molar-refractivity contribution < 1.29 is 56.6 Å². The van der Waals surface area contributed by atoms with Crippen molar-refractivity contribution in [2.24, 2.45) is 5.41 Å². The molecule has 0 saturated carbocycles. The highest BCUT2D eigenvalue weighted by molar-refractivity contribution is 5.97.